The summed E-state index contributed by atoms with van der Waals surface area (Å²) >= 11 is 0. The Labute approximate surface area is 148 Å². The van der Waals surface area contributed by atoms with Crippen LogP contribution in [-0.4, -0.2) is 37.5 Å². The predicted molar refractivity (Wildman–Crippen MR) is 96.5 cm³/mol. The van der Waals surface area contributed by atoms with Crippen molar-refractivity contribution in [2.24, 2.45) is 5.73 Å². The van der Waals surface area contributed by atoms with E-state index in [0.29, 0.717) is 18.6 Å². The van der Waals surface area contributed by atoms with E-state index in [9.17, 15) is 4.79 Å². The van der Waals surface area contributed by atoms with Gasteiger partial charge in [-0.2, -0.15) is 0 Å². The number of hydrogen-bond donors (Lipinski definition) is 3. The van der Waals surface area contributed by atoms with Crippen LogP contribution in [0.2, 0.25) is 0 Å². The van der Waals surface area contributed by atoms with Gasteiger partial charge < -0.3 is 15.4 Å². The zero-order valence-corrected chi connectivity index (χ0v) is 14.7. The van der Waals surface area contributed by atoms with Crippen molar-refractivity contribution >= 4 is 42.8 Å². The quantitative estimate of drug-likeness (QED) is 0.565. The molecule has 6 nitrogen and oxygen atoms in total. The minimum Gasteiger partial charge on any atom is -0.492 e. The van der Waals surface area contributed by atoms with Gasteiger partial charge >= 0.3 is 0 Å². The van der Waals surface area contributed by atoms with Gasteiger partial charge in [0.15, 0.2) is 5.96 Å². The summed E-state index contributed by atoms with van der Waals surface area (Å²) < 4.78 is 5.82. The highest BCUT2D eigenvalue weighted by atomic mass is 35.5. The van der Waals surface area contributed by atoms with Crippen molar-refractivity contribution in [3.8, 4) is 5.75 Å². The Hall–Kier alpha value is -1.76. The highest BCUT2D eigenvalue weighted by Crippen LogP contribution is 2.30. The lowest BCUT2D eigenvalue weighted by Gasteiger charge is -2.15. The molecule has 0 fully saturated rings. The average molecular weight is 361 g/mol. The molecule has 0 aliphatic carbocycles. The van der Waals surface area contributed by atoms with Gasteiger partial charge in [0.25, 0.3) is 5.91 Å². The fourth-order valence-corrected chi connectivity index (χ4v) is 2.26. The highest BCUT2D eigenvalue weighted by Gasteiger charge is 2.18. The fraction of sp³-hybridized carbons (Fsp3) is 0.333. The number of nitrogens with zero attached hydrogens (tertiary/aromatic N) is 1. The normalized spacial score (nSPS) is 12.6. The molecule has 0 unspecified atom stereocenters. The van der Waals surface area contributed by atoms with Gasteiger partial charge in [-0.25, -0.2) is 0 Å². The van der Waals surface area contributed by atoms with E-state index in [4.69, 9.17) is 15.9 Å². The summed E-state index contributed by atoms with van der Waals surface area (Å²) in [6, 6.07) is 5.89. The number of guanidine groups is 1. The van der Waals surface area contributed by atoms with Crippen LogP contribution in [0.5, 0.6) is 5.75 Å². The second kappa shape index (κ2) is 9.39. The lowest BCUT2D eigenvalue weighted by Crippen LogP contribution is -2.36. The minimum atomic E-state index is -0.354. The molecule has 8 heteroatoms. The molecule has 0 aromatic heterocycles. The summed E-state index contributed by atoms with van der Waals surface area (Å²) in [5, 5.41) is 9.44. The second-order valence-electron chi connectivity index (χ2n) is 5.21. The summed E-state index contributed by atoms with van der Waals surface area (Å²) in [7, 11) is 4.00. The number of nitrogens with two attached hydrogens (primary N) is 1. The Kier molecular flexibility index (Phi) is 8.68. The zero-order valence-electron chi connectivity index (χ0n) is 13.1. The Bertz CT molecular complexity index is 603. The van der Waals surface area contributed by atoms with E-state index in [1.54, 1.807) is 6.08 Å². The molecule has 0 bridgehead atoms. The maximum atomic E-state index is 12.0. The first-order valence-corrected chi connectivity index (χ1v) is 6.72. The molecular formula is C15H22Cl2N4O2. The standard InChI is InChI=1S/C15H20N4O2.2ClH/c1-19(2)9-12-5-3-4-10-8-11(6-7-21-13(10)12)14(20)18-15(16)17;;/h3-5,8H,6-7,9H2,1-2H3,(H4,16,17,18,20);2*1H. The zero-order chi connectivity index (χ0) is 15.4. The molecule has 23 heavy (non-hydrogen) atoms. The van der Waals surface area contributed by atoms with Crippen LogP contribution in [0, 0.1) is 5.41 Å². The number of ether oxygens (including phenoxy) is 1. The molecule has 1 aromatic carbocycles. The van der Waals surface area contributed by atoms with Crippen molar-refractivity contribution in [1.29, 1.82) is 5.41 Å². The predicted octanol–water partition coefficient (Wildman–Crippen LogP) is 1.77. The maximum Gasteiger partial charge on any atom is 0.254 e. The number of rotatable bonds is 3. The third-order valence-electron chi connectivity index (χ3n) is 3.10. The summed E-state index contributed by atoms with van der Waals surface area (Å²) in [5.74, 6) is 0.112. The summed E-state index contributed by atoms with van der Waals surface area (Å²) in [6.07, 6.45) is 2.29. The first-order chi connectivity index (χ1) is 9.97. The van der Waals surface area contributed by atoms with Crippen LogP contribution in [-0.2, 0) is 11.3 Å². The lowest BCUT2D eigenvalue weighted by atomic mass is 10.0. The number of fused-ring (bicyclic) bond motifs is 1. The van der Waals surface area contributed by atoms with E-state index >= 15 is 0 Å². The van der Waals surface area contributed by atoms with Gasteiger partial charge in [0.2, 0.25) is 0 Å². The largest absolute Gasteiger partial charge is 0.492 e. The first-order valence-electron chi connectivity index (χ1n) is 6.72. The van der Waals surface area contributed by atoms with Gasteiger partial charge in [0.05, 0.1) is 6.61 Å². The molecule has 1 aliphatic heterocycles. The fourth-order valence-electron chi connectivity index (χ4n) is 2.26. The molecular weight excluding hydrogens is 339 g/mol. The van der Waals surface area contributed by atoms with E-state index in [2.05, 4.69) is 10.2 Å². The van der Waals surface area contributed by atoms with Crippen molar-refractivity contribution in [1.82, 2.24) is 10.2 Å². The van der Waals surface area contributed by atoms with Gasteiger partial charge in [-0.15, -0.1) is 24.8 Å². The van der Waals surface area contributed by atoms with Gasteiger partial charge in [-0.3, -0.25) is 15.5 Å². The van der Waals surface area contributed by atoms with Crippen molar-refractivity contribution in [2.75, 3.05) is 20.7 Å². The smallest absolute Gasteiger partial charge is 0.254 e. The minimum absolute atomic E-state index is 0. The Balaban J connectivity index is 0.00000242. The molecule has 2 rings (SSSR count). The molecule has 128 valence electrons. The lowest BCUT2D eigenvalue weighted by molar-refractivity contribution is -0.116. The third kappa shape index (κ3) is 5.74. The van der Waals surface area contributed by atoms with E-state index in [1.807, 2.05) is 32.3 Å². The van der Waals surface area contributed by atoms with Gasteiger partial charge in [0, 0.05) is 29.7 Å². The summed E-state index contributed by atoms with van der Waals surface area (Å²) in [5.41, 5.74) is 7.72. The van der Waals surface area contributed by atoms with Crippen molar-refractivity contribution in [3.63, 3.8) is 0 Å². The van der Waals surface area contributed by atoms with Crippen LogP contribution in [0.15, 0.2) is 23.8 Å². The molecule has 1 aliphatic rings. The molecule has 0 atom stereocenters. The molecule has 1 heterocycles. The van der Waals surface area contributed by atoms with E-state index in [0.717, 1.165) is 23.4 Å². The number of hydrogen-bond acceptors (Lipinski definition) is 4. The number of amides is 1. The maximum absolute atomic E-state index is 12.0. The molecule has 0 saturated heterocycles. The molecule has 4 N–H and O–H groups in total. The second-order valence-corrected chi connectivity index (χ2v) is 5.21. The van der Waals surface area contributed by atoms with Gasteiger partial charge in [-0.1, -0.05) is 18.2 Å². The van der Waals surface area contributed by atoms with Crippen LogP contribution in [0.25, 0.3) is 6.08 Å². The number of halogens is 2. The Morgan fingerprint density at radius 3 is 2.70 bits per heavy atom. The average Bonchev–Trinajstić information content (AvgIpc) is 2.60. The number of carbonyl (C=O) groups is 1. The van der Waals surface area contributed by atoms with Crippen LogP contribution in [0.1, 0.15) is 17.5 Å². The monoisotopic (exact) mass is 360 g/mol. The molecule has 0 spiro atoms. The van der Waals surface area contributed by atoms with Crippen molar-refractivity contribution in [3.05, 3.63) is 34.9 Å². The molecule has 1 aromatic rings. The highest BCUT2D eigenvalue weighted by molar-refractivity contribution is 6.06. The summed E-state index contributed by atoms with van der Waals surface area (Å²) in [6.45, 7) is 1.20. The van der Waals surface area contributed by atoms with Crippen LogP contribution in [0.4, 0.5) is 0 Å². The number of nitrogens with one attached hydrogen (secondary N) is 2. The number of benzene rings is 1. The molecule has 1 amide bonds. The van der Waals surface area contributed by atoms with E-state index in [-0.39, 0.29) is 36.7 Å². The number of carbonyl (C=O) groups excluding carboxylic acids is 1. The third-order valence-corrected chi connectivity index (χ3v) is 3.10. The van der Waals surface area contributed by atoms with E-state index in [1.165, 1.54) is 0 Å². The van der Waals surface area contributed by atoms with Crippen LogP contribution >= 0.6 is 24.8 Å². The first kappa shape index (κ1) is 21.2. The van der Waals surface area contributed by atoms with Gasteiger partial charge in [-0.05, 0) is 20.2 Å². The van der Waals surface area contributed by atoms with E-state index < -0.39 is 0 Å². The van der Waals surface area contributed by atoms with Gasteiger partial charge in [0.1, 0.15) is 5.75 Å². The number of para-hydroxylation sites is 1. The van der Waals surface area contributed by atoms with Crippen LogP contribution < -0.4 is 15.8 Å². The van der Waals surface area contributed by atoms with Crippen molar-refractivity contribution in [2.45, 2.75) is 13.0 Å². The Morgan fingerprint density at radius 1 is 1.39 bits per heavy atom. The topological polar surface area (TPSA) is 91.4 Å². The molecule has 0 radical (unpaired) electrons. The Morgan fingerprint density at radius 2 is 2.09 bits per heavy atom. The molecule has 0 saturated carbocycles. The van der Waals surface area contributed by atoms with Crippen molar-refractivity contribution < 1.29 is 9.53 Å². The van der Waals surface area contributed by atoms with Crippen LogP contribution in [0.3, 0.4) is 0 Å². The summed E-state index contributed by atoms with van der Waals surface area (Å²) in [4.78, 5) is 14.0. The SMILES string of the molecule is CN(C)Cc1cccc2c1OCCC(C(=O)NC(=N)N)=C2.Cl.Cl.